The molecule has 0 radical (unpaired) electrons. The van der Waals surface area contributed by atoms with Crippen LogP contribution in [0.15, 0.2) is 41.1 Å². The molecule has 2 aromatic rings. The van der Waals surface area contributed by atoms with Gasteiger partial charge in [0.25, 0.3) is 0 Å². The predicted molar refractivity (Wildman–Crippen MR) is 73.0 cm³/mol. The Labute approximate surface area is 118 Å². The van der Waals surface area contributed by atoms with E-state index in [1.54, 1.807) is 30.6 Å². The Morgan fingerprint density at radius 1 is 1.24 bits per heavy atom. The van der Waals surface area contributed by atoms with E-state index in [4.69, 9.17) is 27.9 Å². The van der Waals surface area contributed by atoms with E-state index in [-0.39, 0.29) is 0 Å². The number of pyridine rings is 1. The van der Waals surface area contributed by atoms with E-state index < -0.39 is 0 Å². The van der Waals surface area contributed by atoms with Crippen molar-refractivity contribution in [1.82, 2.24) is 4.98 Å². The highest BCUT2D eigenvalue weighted by atomic mass is 79.9. The monoisotopic (exact) mass is 331 g/mol. The maximum Gasteiger partial charge on any atom is 0.150 e. The van der Waals surface area contributed by atoms with Gasteiger partial charge < -0.3 is 4.74 Å². The van der Waals surface area contributed by atoms with Gasteiger partial charge in [-0.05, 0) is 40.2 Å². The summed E-state index contributed by atoms with van der Waals surface area (Å²) in [6.07, 6.45) is 3.32. The Morgan fingerprint density at radius 3 is 2.76 bits per heavy atom. The lowest BCUT2D eigenvalue weighted by molar-refractivity contribution is 0.473. The standard InChI is InChI=1S/C12H8BrCl2NO/c13-10-5-9(15)1-2-11(10)17-12-7-16-4-3-8(12)6-14/h1-5,7H,6H2. The maximum atomic E-state index is 5.86. The fourth-order valence-electron chi connectivity index (χ4n) is 1.29. The molecule has 0 amide bonds. The van der Waals surface area contributed by atoms with Gasteiger partial charge in [-0.3, -0.25) is 4.98 Å². The van der Waals surface area contributed by atoms with E-state index >= 15 is 0 Å². The fourth-order valence-corrected chi connectivity index (χ4v) is 2.27. The van der Waals surface area contributed by atoms with Gasteiger partial charge in [-0.15, -0.1) is 11.6 Å². The molecule has 5 heteroatoms. The number of alkyl halides is 1. The van der Waals surface area contributed by atoms with E-state index in [0.717, 1.165) is 10.0 Å². The van der Waals surface area contributed by atoms with Crippen LogP contribution in [0.25, 0.3) is 0 Å². The van der Waals surface area contributed by atoms with Crippen molar-refractivity contribution in [3.05, 3.63) is 51.7 Å². The summed E-state index contributed by atoms with van der Waals surface area (Å²) in [5.74, 6) is 1.70. The van der Waals surface area contributed by atoms with Crippen LogP contribution in [-0.2, 0) is 5.88 Å². The van der Waals surface area contributed by atoms with Gasteiger partial charge in [0.1, 0.15) is 11.5 Å². The molecule has 2 nitrogen and oxygen atoms in total. The van der Waals surface area contributed by atoms with E-state index in [9.17, 15) is 0 Å². The Kier molecular flexibility index (Phi) is 4.26. The third-order valence-corrected chi connectivity index (χ3v) is 3.27. The third-order valence-electron chi connectivity index (χ3n) is 2.13. The Balaban J connectivity index is 2.31. The van der Waals surface area contributed by atoms with Crippen molar-refractivity contribution in [3.63, 3.8) is 0 Å². The lowest BCUT2D eigenvalue weighted by Gasteiger charge is -2.10. The molecule has 0 aliphatic carbocycles. The van der Waals surface area contributed by atoms with E-state index in [1.165, 1.54) is 0 Å². The molecule has 0 bridgehead atoms. The number of halogens is 3. The van der Waals surface area contributed by atoms with Crippen molar-refractivity contribution in [1.29, 1.82) is 0 Å². The lowest BCUT2D eigenvalue weighted by atomic mass is 10.3. The minimum Gasteiger partial charge on any atom is -0.454 e. The van der Waals surface area contributed by atoms with Crippen LogP contribution in [0.2, 0.25) is 5.02 Å². The normalized spacial score (nSPS) is 10.3. The second kappa shape index (κ2) is 5.71. The summed E-state index contributed by atoms with van der Waals surface area (Å²) in [5.41, 5.74) is 0.892. The molecule has 0 saturated heterocycles. The van der Waals surface area contributed by atoms with Crippen molar-refractivity contribution in [3.8, 4) is 11.5 Å². The first kappa shape index (κ1) is 12.7. The molecule has 0 spiro atoms. The summed E-state index contributed by atoms with van der Waals surface area (Å²) in [5, 5.41) is 0.646. The van der Waals surface area contributed by atoms with Crippen molar-refractivity contribution in [2.24, 2.45) is 0 Å². The highest BCUT2D eigenvalue weighted by Gasteiger charge is 2.07. The molecule has 88 valence electrons. The molecule has 1 aromatic heterocycles. The third kappa shape index (κ3) is 3.12. The maximum absolute atomic E-state index is 5.86. The van der Waals surface area contributed by atoms with Crippen molar-refractivity contribution in [2.45, 2.75) is 5.88 Å². The predicted octanol–water partition coefficient (Wildman–Crippen LogP) is 5.03. The summed E-state index contributed by atoms with van der Waals surface area (Å²) in [6.45, 7) is 0. The number of nitrogens with zero attached hydrogens (tertiary/aromatic N) is 1. The van der Waals surface area contributed by atoms with Crippen LogP contribution >= 0.6 is 39.1 Å². The van der Waals surface area contributed by atoms with Gasteiger partial charge in [0.2, 0.25) is 0 Å². The molecule has 0 unspecified atom stereocenters. The SMILES string of the molecule is ClCc1ccncc1Oc1ccc(Cl)cc1Br. The summed E-state index contributed by atoms with van der Waals surface area (Å²) in [7, 11) is 0. The minimum absolute atomic E-state index is 0.378. The molecule has 0 aliphatic rings. The van der Waals surface area contributed by atoms with Crippen LogP contribution < -0.4 is 4.74 Å². The Morgan fingerprint density at radius 2 is 2.06 bits per heavy atom. The number of rotatable bonds is 3. The molecular formula is C12H8BrCl2NO. The van der Waals surface area contributed by atoms with Crippen LogP contribution in [0, 0.1) is 0 Å². The molecule has 0 fully saturated rings. The molecule has 0 saturated carbocycles. The average molecular weight is 333 g/mol. The molecule has 0 N–H and O–H groups in total. The number of ether oxygens (including phenoxy) is 1. The molecule has 1 aromatic carbocycles. The first-order chi connectivity index (χ1) is 8.20. The number of hydrogen-bond donors (Lipinski definition) is 0. The van der Waals surface area contributed by atoms with Crippen LogP contribution in [-0.4, -0.2) is 4.98 Å². The zero-order chi connectivity index (χ0) is 12.3. The number of hydrogen-bond acceptors (Lipinski definition) is 2. The minimum atomic E-state index is 0.378. The smallest absolute Gasteiger partial charge is 0.150 e. The van der Waals surface area contributed by atoms with Gasteiger partial charge in [-0.25, -0.2) is 0 Å². The van der Waals surface area contributed by atoms with Crippen LogP contribution in [0.1, 0.15) is 5.56 Å². The Bertz CT molecular complexity index is 534. The van der Waals surface area contributed by atoms with Crippen molar-refractivity contribution < 1.29 is 4.74 Å². The van der Waals surface area contributed by atoms with Crippen molar-refractivity contribution in [2.75, 3.05) is 0 Å². The quantitative estimate of drug-likeness (QED) is 0.735. The van der Waals surface area contributed by atoms with E-state index in [2.05, 4.69) is 20.9 Å². The largest absolute Gasteiger partial charge is 0.454 e. The summed E-state index contributed by atoms with van der Waals surface area (Å²) < 4.78 is 6.52. The van der Waals surface area contributed by atoms with E-state index in [1.807, 2.05) is 6.07 Å². The highest BCUT2D eigenvalue weighted by Crippen LogP contribution is 2.33. The first-order valence-corrected chi connectivity index (χ1v) is 6.53. The van der Waals surface area contributed by atoms with Crippen LogP contribution in [0.4, 0.5) is 0 Å². The summed E-state index contributed by atoms with van der Waals surface area (Å²) in [4.78, 5) is 4.01. The van der Waals surface area contributed by atoms with Crippen LogP contribution in [0.5, 0.6) is 11.5 Å². The lowest BCUT2D eigenvalue weighted by Crippen LogP contribution is -1.91. The highest BCUT2D eigenvalue weighted by molar-refractivity contribution is 9.10. The first-order valence-electron chi connectivity index (χ1n) is 4.82. The van der Waals surface area contributed by atoms with Crippen LogP contribution in [0.3, 0.4) is 0 Å². The van der Waals surface area contributed by atoms with Gasteiger partial charge in [0.15, 0.2) is 0 Å². The number of benzene rings is 1. The molecule has 1 heterocycles. The summed E-state index contributed by atoms with van der Waals surface area (Å²) >= 11 is 15.1. The molecule has 0 aliphatic heterocycles. The molecular weight excluding hydrogens is 325 g/mol. The van der Waals surface area contributed by atoms with Gasteiger partial charge in [-0.1, -0.05) is 11.6 Å². The second-order valence-electron chi connectivity index (χ2n) is 3.29. The molecule has 0 atom stereocenters. The van der Waals surface area contributed by atoms with Gasteiger partial charge in [-0.2, -0.15) is 0 Å². The molecule has 17 heavy (non-hydrogen) atoms. The number of aromatic nitrogens is 1. The zero-order valence-electron chi connectivity index (χ0n) is 8.66. The summed E-state index contributed by atoms with van der Waals surface area (Å²) in [6, 6.07) is 7.15. The second-order valence-corrected chi connectivity index (χ2v) is 4.85. The zero-order valence-corrected chi connectivity index (χ0v) is 11.8. The topological polar surface area (TPSA) is 22.1 Å². The fraction of sp³-hybridized carbons (Fsp3) is 0.0833. The average Bonchev–Trinajstić information content (AvgIpc) is 2.33. The molecule has 2 rings (SSSR count). The van der Waals surface area contributed by atoms with Gasteiger partial charge in [0, 0.05) is 16.8 Å². The van der Waals surface area contributed by atoms with Gasteiger partial charge in [0.05, 0.1) is 16.5 Å². The Hall–Kier alpha value is -0.770. The van der Waals surface area contributed by atoms with E-state index in [0.29, 0.717) is 22.4 Å². The van der Waals surface area contributed by atoms with Crippen molar-refractivity contribution >= 4 is 39.1 Å². The van der Waals surface area contributed by atoms with Gasteiger partial charge >= 0.3 is 0 Å².